The molecule has 0 bridgehead atoms. The number of nitrogens with one attached hydrogen (secondary N) is 1. The molecular weight excluding hydrogens is 374 g/mol. The molecule has 7 heteroatoms. The van der Waals surface area contributed by atoms with Gasteiger partial charge in [0.15, 0.2) is 5.96 Å². The molecule has 0 unspecified atom stereocenters. The first kappa shape index (κ1) is 20.9. The van der Waals surface area contributed by atoms with Crippen molar-refractivity contribution in [1.82, 2.24) is 20.0 Å². The van der Waals surface area contributed by atoms with E-state index in [1.54, 1.807) is 0 Å². The van der Waals surface area contributed by atoms with Gasteiger partial charge in [-0.3, -0.25) is 9.79 Å². The number of rotatable bonds is 5. The van der Waals surface area contributed by atoms with Crippen molar-refractivity contribution in [3.8, 4) is 0 Å². The van der Waals surface area contributed by atoms with E-state index >= 15 is 0 Å². The van der Waals surface area contributed by atoms with E-state index < -0.39 is 0 Å². The standard InChI is InChI=1S/C21H32ClN5O/c1-3-23-21(24-14-17-8-10-25(2)11-9-17)27-13-12-26(20(28)16-27)15-18-4-6-19(22)7-5-18/h4-7,17H,3,8-16H2,1-2H3,(H,23,24). The Labute approximate surface area is 173 Å². The first-order valence-corrected chi connectivity index (χ1v) is 10.7. The zero-order chi connectivity index (χ0) is 19.9. The SMILES string of the molecule is CCNC(=NCC1CCN(C)CC1)N1CCN(Cc2ccc(Cl)cc2)C(=O)C1. The molecule has 3 rings (SSSR count). The smallest absolute Gasteiger partial charge is 0.242 e. The zero-order valence-electron chi connectivity index (χ0n) is 17.0. The Bertz CT molecular complexity index is 670. The van der Waals surface area contributed by atoms with Crippen LogP contribution in [-0.4, -0.2) is 79.4 Å². The van der Waals surface area contributed by atoms with Gasteiger partial charge in [-0.25, -0.2) is 0 Å². The number of piperidine rings is 1. The average molecular weight is 406 g/mol. The molecule has 1 aromatic rings. The van der Waals surface area contributed by atoms with Crippen LogP contribution in [0.4, 0.5) is 0 Å². The Hall–Kier alpha value is -1.79. The van der Waals surface area contributed by atoms with Crippen LogP contribution in [0.5, 0.6) is 0 Å². The van der Waals surface area contributed by atoms with Gasteiger partial charge < -0.3 is 20.0 Å². The first-order valence-electron chi connectivity index (χ1n) is 10.3. The van der Waals surface area contributed by atoms with Crippen LogP contribution >= 0.6 is 11.6 Å². The van der Waals surface area contributed by atoms with Gasteiger partial charge in [0.05, 0.1) is 6.54 Å². The highest BCUT2D eigenvalue weighted by molar-refractivity contribution is 6.30. The van der Waals surface area contributed by atoms with Crippen LogP contribution in [0.2, 0.25) is 5.02 Å². The van der Waals surface area contributed by atoms with Crippen LogP contribution < -0.4 is 5.32 Å². The molecule has 2 fully saturated rings. The molecule has 0 spiro atoms. The van der Waals surface area contributed by atoms with Crippen LogP contribution in [-0.2, 0) is 11.3 Å². The van der Waals surface area contributed by atoms with Crippen molar-refractivity contribution in [2.24, 2.45) is 10.9 Å². The molecule has 2 aliphatic rings. The van der Waals surface area contributed by atoms with Gasteiger partial charge in [-0.2, -0.15) is 0 Å². The topological polar surface area (TPSA) is 51.2 Å². The van der Waals surface area contributed by atoms with Gasteiger partial charge in [-0.05, 0) is 63.5 Å². The third kappa shape index (κ3) is 5.85. The lowest BCUT2D eigenvalue weighted by Gasteiger charge is -2.36. The predicted molar refractivity (Wildman–Crippen MR) is 115 cm³/mol. The summed E-state index contributed by atoms with van der Waals surface area (Å²) in [6.07, 6.45) is 2.40. The van der Waals surface area contributed by atoms with Crippen molar-refractivity contribution in [3.63, 3.8) is 0 Å². The number of benzene rings is 1. The van der Waals surface area contributed by atoms with Gasteiger partial charge in [0.1, 0.15) is 0 Å². The van der Waals surface area contributed by atoms with E-state index in [2.05, 4.69) is 29.1 Å². The van der Waals surface area contributed by atoms with E-state index in [1.807, 2.05) is 29.2 Å². The average Bonchev–Trinajstić information content (AvgIpc) is 2.69. The first-order chi connectivity index (χ1) is 13.5. The lowest BCUT2D eigenvalue weighted by Crippen LogP contribution is -2.55. The summed E-state index contributed by atoms with van der Waals surface area (Å²) in [4.78, 5) is 24.0. The Balaban J connectivity index is 1.55. The Kier molecular flexibility index (Phi) is 7.57. The van der Waals surface area contributed by atoms with Gasteiger partial charge in [0, 0.05) is 37.7 Å². The molecule has 154 valence electrons. The van der Waals surface area contributed by atoms with Gasteiger partial charge in [-0.1, -0.05) is 23.7 Å². The third-order valence-corrected chi connectivity index (χ3v) is 5.83. The lowest BCUT2D eigenvalue weighted by molar-refractivity contribution is -0.135. The second-order valence-electron chi connectivity index (χ2n) is 7.80. The van der Waals surface area contributed by atoms with Crippen molar-refractivity contribution in [1.29, 1.82) is 0 Å². The van der Waals surface area contributed by atoms with E-state index in [0.29, 0.717) is 25.6 Å². The van der Waals surface area contributed by atoms with Crippen molar-refractivity contribution in [2.45, 2.75) is 26.3 Å². The van der Waals surface area contributed by atoms with Crippen molar-refractivity contribution < 1.29 is 4.79 Å². The van der Waals surface area contributed by atoms with Crippen LogP contribution in [0.1, 0.15) is 25.3 Å². The van der Waals surface area contributed by atoms with Gasteiger partial charge >= 0.3 is 0 Å². The maximum Gasteiger partial charge on any atom is 0.242 e. The number of hydrogen-bond donors (Lipinski definition) is 1. The number of hydrogen-bond acceptors (Lipinski definition) is 3. The van der Waals surface area contributed by atoms with E-state index in [9.17, 15) is 4.79 Å². The Morgan fingerprint density at radius 2 is 1.89 bits per heavy atom. The van der Waals surface area contributed by atoms with Gasteiger partial charge in [0.2, 0.25) is 5.91 Å². The molecule has 0 aliphatic carbocycles. The van der Waals surface area contributed by atoms with Crippen LogP contribution in [0.25, 0.3) is 0 Å². The Morgan fingerprint density at radius 1 is 1.18 bits per heavy atom. The number of likely N-dealkylation sites (tertiary alicyclic amines) is 1. The fourth-order valence-corrected chi connectivity index (χ4v) is 3.88. The number of carbonyl (C=O) groups excluding carboxylic acids is 1. The number of halogens is 1. The molecule has 0 atom stereocenters. The molecule has 2 heterocycles. The monoisotopic (exact) mass is 405 g/mol. The number of amides is 1. The molecule has 0 radical (unpaired) electrons. The normalized spacial score (nSPS) is 20.0. The van der Waals surface area contributed by atoms with Crippen LogP contribution in [0.3, 0.4) is 0 Å². The summed E-state index contributed by atoms with van der Waals surface area (Å²) in [5.74, 6) is 1.67. The van der Waals surface area contributed by atoms with E-state index in [0.717, 1.165) is 49.3 Å². The zero-order valence-corrected chi connectivity index (χ0v) is 17.8. The molecule has 2 aliphatic heterocycles. The van der Waals surface area contributed by atoms with E-state index in [1.165, 1.54) is 12.8 Å². The summed E-state index contributed by atoms with van der Waals surface area (Å²) in [5.41, 5.74) is 1.11. The largest absolute Gasteiger partial charge is 0.357 e. The van der Waals surface area contributed by atoms with Gasteiger partial charge in [0.25, 0.3) is 0 Å². The summed E-state index contributed by atoms with van der Waals surface area (Å²) < 4.78 is 0. The predicted octanol–water partition coefficient (Wildman–Crippen LogP) is 2.29. The van der Waals surface area contributed by atoms with Crippen molar-refractivity contribution in [2.75, 3.05) is 52.9 Å². The Morgan fingerprint density at radius 3 is 2.54 bits per heavy atom. The summed E-state index contributed by atoms with van der Waals surface area (Å²) in [5, 5.41) is 4.09. The number of nitrogens with zero attached hydrogens (tertiary/aromatic N) is 4. The highest BCUT2D eigenvalue weighted by atomic mass is 35.5. The molecule has 0 saturated carbocycles. The summed E-state index contributed by atoms with van der Waals surface area (Å²) >= 11 is 5.95. The molecule has 28 heavy (non-hydrogen) atoms. The number of guanidine groups is 1. The molecule has 0 aromatic heterocycles. The van der Waals surface area contributed by atoms with Crippen molar-refractivity contribution in [3.05, 3.63) is 34.9 Å². The quantitative estimate of drug-likeness (QED) is 0.603. The molecular formula is C21H32ClN5O. The maximum absolute atomic E-state index is 12.7. The van der Waals surface area contributed by atoms with Gasteiger partial charge in [-0.15, -0.1) is 0 Å². The second-order valence-corrected chi connectivity index (χ2v) is 8.24. The molecule has 1 N–H and O–H groups in total. The number of aliphatic imine (C=N–C) groups is 1. The molecule has 6 nitrogen and oxygen atoms in total. The maximum atomic E-state index is 12.7. The number of piperazine rings is 1. The second kappa shape index (κ2) is 10.1. The van der Waals surface area contributed by atoms with E-state index in [-0.39, 0.29) is 5.91 Å². The van der Waals surface area contributed by atoms with Crippen LogP contribution in [0.15, 0.2) is 29.3 Å². The highest BCUT2D eigenvalue weighted by Crippen LogP contribution is 2.17. The minimum atomic E-state index is 0.145. The highest BCUT2D eigenvalue weighted by Gasteiger charge is 2.26. The molecule has 2 saturated heterocycles. The molecule has 1 aromatic carbocycles. The summed E-state index contributed by atoms with van der Waals surface area (Å²) in [6, 6.07) is 7.71. The third-order valence-electron chi connectivity index (χ3n) is 5.58. The van der Waals surface area contributed by atoms with Crippen LogP contribution in [0, 0.1) is 5.92 Å². The summed E-state index contributed by atoms with van der Waals surface area (Å²) in [6.45, 7) is 8.56. The number of carbonyl (C=O) groups is 1. The lowest BCUT2D eigenvalue weighted by atomic mass is 9.97. The molecule has 1 amide bonds. The summed E-state index contributed by atoms with van der Waals surface area (Å²) in [7, 11) is 2.18. The fraction of sp³-hybridized carbons (Fsp3) is 0.619. The fourth-order valence-electron chi connectivity index (χ4n) is 3.75. The van der Waals surface area contributed by atoms with Crippen molar-refractivity contribution >= 4 is 23.5 Å². The van der Waals surface area contributed by atoms with E-state index in [4.69, 9.17) is 16.6 Å². The minimum absolute atomic E-state index is 0.145. The minimum Gasteiger partial charge on any atom is -0.357 e.